The zero-order valence-electron chi connectivity index (χ0n) is 32.2. The molecule has 6 rings (SSSR count). The molecule has 1 fully saturated rings. The number of fused-ring (bicyclic) bond motifs is 2. The summed E-state index contributed by atoms with van der Waals surface area (Å²) in [5.41, 5.74) is 4.32. The van der Waals surface area contributed by atoms with Gasteiger partial charge >= 0.3 is 12.1 Å². The highest BCUT2D eigenvalue weighted by molar-refractivity contribution is 6.35. The first kappa shape index (κ1) is 41.6. The number of aromatic nitrogens is 3. The lowest BCUT2D eigenvalue weighted by atomic mass is 9.93. The number of carbonyl (C=O) groups is 2. The summed E-state index contributed by atoms with van der Waals surface area (Å²) in [5, 5.41) is 11.7. The van der Waals surface area contributed by atoms with Gasteiger partial charge in [-0.05, 0) is 76.5 Å². The van der Waals surface area contributed by atoms with Crippen LogP contribution in [0.15, 0.2) is 54.6 Å². The third-order valence-corrected chi connectivity index (χ3v) is 10.2. The Bertz CT molecular complexity index is 2070. The minimum Gasteiger partial charge on any atom is -0.493 e. The average molecular weight is 774 g/mol. The molecule has 3 aromatic carbocycles. The number of nitrogens with zero attached hydrogens (tertiary/aromatic N) is 3. The number of aromatic amines is 2. The molecule has 1 saturated heterocycles. The number of carbonyl (C=O) groups excluding carboxylic acids is 2. The summed E-state index contributed by atoms with van der Waals surface area (Å²) in [6.07, 6.45) is 2.00. The third-order valence-electron chi connectivity index (χ3n) is 9.85. The van der Waals surface area contributed by atoms with E-state index < -0.39 is 23.7 Å². The normalized spacial score (nSPS) is 14.1. The van der Waals surface area contributed by atoms with E-state index in [9.17, 15) is 9.59 Å². The van der Waals surface area contributed by atoms with Gasteiger partial charge in [-0.2, -0.15) is 5.10 Å². The molecule has 11 nitrogen and oxygen atoms in total. The second-order valence-electron chi connectivity index (χ2n) is 14.6. The zero-order chi connectivity index (χ0) is 38.4. The van der Waals surface area contributed by atoms with Gasteiger partial charge in [-0.25, -0.2) is 9.59 Å². The fraction of sp³-hybridized carbons (Fsp3) is 0.465. The van der Waals surface area contributed by atoms with Gasteiger partial charge in [0.05, 0.1) is 48.7 Å². The van der Waals surface area contributed by atoms with Crippen molar-refractivity contribution in [2.24, 2.45) is 0 Å². The van der Waals surface area contributed by atoms with Crippen LogP contribution in [-0.4, -0.2) is 95.8 Å². The van der Waals surface area contributed by atoms with Gasteiger partial charge in [0.15, 0.2) is 0 Å². The minimum atomic E-state index is -0.679. The van der Waals surface area contributed by atoms with E-state index in [0.717, 1.165) is 58.4 Å². The Morgan fingerprint density at radius 3 is 2.49 bits per heavy atom. The van der Waals surface area contributed by atoms with Crippen LogP contribution in [-0.2, 0) is 27.1 Å². The molecular weight excluding hydrogens is 718 g/mol. The van der Waals surface area contributed by atoms with Crippen LogP contribution in [0.5, 0.6) is 5.75 Å². The van der Waals surface area contributed by atoms with E-state index in [4.69, 9.17) is 35.6 Å². The molecule has 1 atom stereocenters. The number of H-pyrrole nitrogens is 2. The average Bonchev–Trinajstić information content (AvgIpc) is 3.74. The van der Waals surface area contributed by atoms with Crippen molar-refractivity contribution in [1.29, 1.82) is 0 Å². The molecule has 1 amide bonds. The van der Waals surface area contributed by atoms with E-state index in [1.54, 1.807) is 18.9 Å². The topological polar surface area (TPSA) is 122 Å². The van der Waals surface area contributed by atoms with Crippen LogP contribution in [0.3, 0.4) is 0 Å². The molecule has 55 heavy (non-hydrogen) atoms. The van der Waals surface area contributed by atoms with Crippen LogP contribution in [0.2, 0.25) is 5.02 Å². The van der Waals surface area contributed by atoms with E-state index in [1.165, 1.54) is 0 Å². The van der Waals surface area contributed by atoms with Crippen LogP contribution in [0.25, 0.3) is 32.8 Å². The lowest BCUT2D eigenvalue weighted by molar-refractivity contribution is 0.0149. The number of aryl methyl sites for hydroxylation is 2. The van der Waals surface area contributed by atoms with Crippen molar-refractivity contribution in [1.82, 2.24) is 25.0 Å². The Labute approximate surface area is 329 Å². The molecule has 296 valence electrons. The summed E-state index contributed by atoms with van der Waals surface area (Å²) in [6.45, 7) is 13.8. The molecule has 1 aliphatic heterocycles. The second-order valence-corrected chi connectivity index (χ2v) is 15.0. The molecule has 0 spiro atoms. The smallest absolute Gasteiger partial charge is 0.410 e. The Kier molecular flexibility index (Phi) is 13.9. The standard InChI is InChI=1S/C42H52ClN5O6.CH4/c1-7-32-36(39(46-45-32)33(20-21-48-22-25-51-26-23-48)47(6)41(50)54-42(3,4)5)35-31(43)19-18-30-29(38(44-37(30)35)40(49)52-8-2)16-12-24-53-34-17-11-14-27-13-9-10-15-28(27)34;/h9-11,13-15,17-19,33,44H,7-8,12,16,20-26H2,1-6H3,(H,45,46);1H4. The summed E-state index contributed by atoms with van der Waals surface area (Å²) in [6, 6.07) is 17.6. The van der Waals surface area contributed by atoms with Crippen LogP contribution in [0, 0.1) is 0 Å². The lowest BCUT2D eigenvalue weighted by Gasteiger charge is -2.33. The number of ether oxygens (including phenoxy) is 4. The largest absolute Gasteiger partial charge is 0.493 e. The highest BCUT2D eigenvalue weighted by atomic mass is 35.5. The Morgan fingerprint density at radius 1 is 1.02 bits per heavy atom. The van der Waals surface area contributed by atoms with Crippen molar-refractivity contribution in [2.75, 3.05) is 53.1 Å². The predicted octanol–water partition coefficient (Wildman–Crippen LogP) is 9.38. The molecule has 1 unspecified atom stereocenters. The van der Waals surface area contributed by atoms with Crippen molar-refractivity contribution in [3.05, 3.63) is 82.3 Å². The highest BCUT2D eigenvalue weighted by Gasteiger charge is 2.33. The van der Waals surface area contributed by atoms with Gasteiger partial charge in [0.2, 0.25) is 0 Å². The molecule has 5 aromatic rings. The van der Waals surface area contributed by atoms with Gasteiger partial charge in [-0.15, -0.1) is 0 Å². The summed E-state index contributed by atoms with van der Waals surface area (Å²) < 4.78 is 23.3. The van der Waals surface area contributed by atoms with Gasteiger partial charge in [0, 0.05) is 54.3 Å². The molecule has 2 aromatic heterocycles. The van der Waals surface area contributed by atoms with Crippen LogP contribution in [0.1, 0.15) is 88.4 Å². The second kappa shape index (κ2) is 18.4. The number of hydrogen-bond donors (Lipinski definition) is 2. The first-order chi connectivity index (χ1) is 26.0. The van der Waals surface area contributed by atoms with Gasteiger partial charge in [0.1, 0.15) is 17.0 Å². The maximum Gasteiger partial charge on any atom is 0.410 e. The summed E-state index contributed by atoms with van der Waals surface area (Å²) in [4.78, 5) is 34.6. The fourth-order valence-corrected chi connectivity index (χ4v) is 7.45. The van der Waals surface area contributed by atoms with E-state index in [0.29, 0.717) is 73.0 Å². The summed E-state index contributed by atoms with van der Waals surface area (Å²) >= 11 is 7.15. The van der Waals surface area contributed by atoms with Crippen LogP contribution in [0.4, 0.5) is 4.79 Å². The number of hydrogen-bond acceptors (Lipinski definition) is 8. The molecule has 0 radical (unpaired) electrons. The quantitative estimate of drug-likeness (QED) is 0.0846. The highest BCUT2D eigenvalue weighted by Crippen LogP contribution is 2.43. The molecule has 2 N–H and O–H groups in total. The van der Waals surface area contributed by atoms with Gasteiger partial charge in [0.25, 0.3) is 0 Å². The molecule has 0 bridgehead atoms. The number of esters is 1. The number of morpholine rings is 1. The minimum absolute atomic E-state index is 0. The summed E-state index contributed by atoms with van der Waals surface area (Å²) in [7, 11) is 1.76. The van der Waals surface area contributed by atoms with Crippen LogP contribution < -0.4 is 4.74 Å². The SMILES string of the molecule is C.CCOC(=O)c1[nH]c2c(-c3c(C(CCN4CCOCC4)N(C)C(=O)OC(C)(C)C)n[nH]c3CC)c(Cl)ccc2c1CCCOc1cccc2ccccc12. The molecule has 3 heterocycles. The van der Waals surface area contributed by atoms with E-state index in [2.05, 4.69) is 40.1 Å². The number of amides is 1. The van der Waals surface area contributed by atoms with Gasteiger partial charge < -0.3 is 28.8 Å². The van der Waals surface area contributed by atoms with E-state index in [-0.39, 0.29) is 14.0 Å². The van der Waals surface area contributed by atoms with E-state index in [1.807, 2.05) is 57.2 Å². The zero-order valence-corrected chi connectivity index (χ0v) is 33.0. The molecule has 1 aliphatic rings. The van der Waals surface area contributed by atoms with Crippen LogP contribution >= 0.6 is 11.6 Å². The summed E-state index contributed by atoms with van der Waals surface area (Å²) in [5.74, 6) is 0.391. The van der Waals surface area contributed by atoms with Crippen molar-refractivity contribution in [2.45, 2.75) is 79.4 Å². The van der Waals surface area contributed by atoms with Crippen molar-refractivity contribution >= 4 is 45.3 Å². The first-order valence-corrected chi connectivity index (χ1v) is 19.3. The maximum atomic E-state index is 13.6. The molecule has 12 heteroatoms. The fourth-order valence-electron chi connectivity index (χ4n) is 7.20. The Hall–Kier alpha value is -4.58. The van der Waals surface area contributed by atoms with E-state index >= 15 is 0 Å². The lowest BCUT2D eigenvalue weighted by Crippen LogP contribution is -2.41. The van der Waals surface area contributed by atoms with Crippen molar-refractivity contribution < 1.29 is 28.5 Å². The number of rotatable bonds is 14. The first-order valence-electron chi connectivity index (χ1n) is 18.9. The Morgan fingerprint density at radius 2 is 1.76 bits per heavy atom. The van der Waals surface area contributed by atoms with Gasteiger partial charge in [-0.1, -0.05) is 68.4 Å². The monoisotopic (exact) mass is 773 g/mol. The van der Waals surface area contributed by atoms with Gasteiger partial charge in [-0.3, -0.25) is 10.00 Å². The predicted molar refractivity (Wildman–Crippen MR) is 219 cm³/mol. The number of benzene rings is 3. The third kappa shape index (κ3) is 9.45. The van der Waals surface area contributed by atoms with Crippen molar-refractivity contribution in [3.8, 4) is 16.9 Å². The van der Waals surface area contributed by atoms with Crippen molar-refractivity contribution in [3.63, 3.8) is 0 Å². The molecule has 0 aliphatic carbocycles. The molecule has 0 saturated carbocycles. The Balaban J connectivity index is 0.00000580. The maximum absolute atomic E-state index is 13.6. The number of nitrogens with one attached hydrogen (secondary N) is 2. The number of halogens is 1. The molecular formula is C43H56ClN5O6.